The van der Waals surface area contributed by atoms with Gasteiger partial charge in [-0.05, 0) is 6.92 Å². The summed E-state index contributed by atoms with van der Waals surface area (Å²) in [4.78, 5) is 16.4. The van der Waals surface area contributed by atoms with Gasteiger partial charge in [0.2, 0.25) is 0 Å². The molecule has 0 spiro atoms. The van der Waals surface area contributed by atoms with Crippen LogP contribution in [0.3, 0.4) is 0 Å². The molecular weight excluding hydrogens is 218 g/mol. The third-order valence-electron chi connectivity index (χ3n) is 1.86. The first-order valence-corrected chi connectivity index (χ1v) is 5.71. The molecule has 0 saturated carbocycles. The minimum Gasteiger partial charge on any atom is -0.375 e. The van der Waals surface area contributed by atoms with Crippen molar-refractivity contribution in [3.63, 3.8) is 0 Å². The van der Waals surface area contributed by atoms with E-state index in [0.717, 1.165) is 10.6 Å². The molecule has 2 heterocycles. The molecule has 14 heavy (non-hydrogen) atoms. The zero-order chi connectivity index (χ0) is 10.1. The molecule has 0 radical (unpaired) electrons. The van der Waals surface area contributed by atoms with Crippen LogP contribution in [-0.4, -0.2) is 9.55 Å². The van der Waals surface area contributed by atoms with Gasteiger partial charge in [0, 0.05) is 22.1 Å². The van der Waals surface area contributed by atoms with Crippen molar-refractivity contribution in [1.29, 1.82) is 0 Å². The van der Waals surface area contributed by atoms with Crippen LogP contribution in [0.25, 0.3) is 0 Å². The summed E-state index contributed by atoms with van der Waals surface area (Å²) < 4.78 is 1.72. The smallest absolute Gasteiger partial charge is 0.307 e. The van der Waals surface area contributed by atoms with E-state index in [-0.39, 0.29) is 4.87 Å². The number of nitrogens with zero attached hydrogens (tertiary/aromatic N) is 2. The topological polar surface area (TPSA) is 60.9 Å². The van der Waals surface area contributed by atoms with Gasteiger partial charge in [-0.1, -0.05) is 11.3 Å². The normalized spacial score (nSPS) is 10.6. The van der Waals surface area contributed by atoms with Gasteiger partial charge in [-0.25, -0.2) is 4.98 Å². The molecule has 0 saturated heterocycles. The van der Waals surface area contributed by atoms with Gasteiger partial charge in [0.05, 0.1) is 6.54 Å². The van der Waals surface area contributed by atoms with Crippen molar-refractivity contribution in [3.8, 4) is 0 Å². The van der Waals surface area contributed by atoms with E-state index >= 15 is 0 Å². The summed E-state index contributed by atoms with van der Waals surface area (Å²) in [6, 6.07) is 0. The molecule has 0 aromatic carbocycles. The van der Waals surface area contributed by atoms with E-state index in [0.29, 0.717) is 11.7 Å². The Morgan fingerprint density at radius 2 is 2.43 bits per heavy atom. The fourth-order valence-corrected chi connectivity index (χ4v) is 2.56. The summed E-state index contributed by atoms with van der Waals surface area (Å²) in [5.41, 5.74) is 6.48. The molecule has 2 rings (SSSR count). The summed E-state index contributed by atoms with van der Waals surface area (Å²) in [6.45, 7) is 2.49. The molecule has 2 aromatic heterocycles. The largest absolute Gasteiger partial charge is 0.375 e. The van der Waals surface area contributed by atoms with Crippen molar-refractivity contribution in [1.82, 2.24) is 9.55 Å². The maximum atomic E-state index is 11.4. The summed E-state index contributed by atoms with van der Waals surface area (Å²) in [5.74, 6) is 0. The van der Waals surface area contributed by atoms with E-state index in [1.54, 1.807) is 10.8 Å². The van der Waals surface area contributed by atoms with Gasteiger partial charge in [0.15, 0.2) is 5.13 Å². The number of aromatic nitrogens is 2. The number of anilines is 1. The molecule has 0 aliphatic heterocycles. The Balaban J connectivity index is 2.31. The molecule has 0 aliphatic carbocycles. The highest BCUT2D eigenvalue weighted by atomic mass is 32.1. The van der Waals surface area contributed by atoms with Crippen molar-refractivity contribution in [2.75, 3.05) is 5.73 Å². The molecule has 0 amide bonds. The SMILES string of the molecule is Cc1csc(=O)n1Cc1cnc(N)s1. The Hall–Kier alpha value is -1.14. The minimum atomic E-state index is 0.0643. The lowest BCUT2D eigenvalue weighted by atomic mass is 10.5. The lowest BCUT2D eigenvalue weighted by Crippen LogP contribution is -2.14. The van der Waals surface area contributed by atoms with Crippen molar-refractivity contribution in [2.24, 2.45) is 0 Å². The standard InChI is InChI=1S/C8H9N3OS2/c1-5-4-13-8(12)11(5)3-6-2-10-7(9)14-6/h2,4H,3H2,1H3,(H2,9,10). The van der Waals surface area contributed by atoms with Gasteiger partial charge < -0.3 is 5.73 Å². The summed E-state index contributed by atoms with van der Waals surface area (Å²) in [7, 11) is 0. The van der Waals surface area contributed by atoms with E-state index in [1.807, 2.05) is 12.3 Å². The van der Waals surface area contributed by atoms with Crippen molar-refractivity contribution in [2.45, 2.75) is 13.5 Å². The van der Waals surface area contributed by atoms with Crippen LogP contribution in [0.4, 0.5) is 5.13 Å². The van der Waals surface area contributed by atoms with Gasteiger partial charge in [-0.2, -0.15) is 0 Å². The molecule has 2 aromatic rings. The molecule has 0 unspecified atom stereocenters. The maximum Gasteiger partial charge on any atom is 0.307 e. The second kappa shape index (κ2) is 3.55. The molecule has 74 valence electrons. The van der Waals surface area contributed by atoms with Crippen molar-refractivity contribution >= 4 is 27.8 Å². The molecule has 0 bridgehead atoms. The minimum absolute atomic E-state index is 0.0643. The molecule has 4 nitrogen and oxygen atoms in total. The predicted octanol–water partition coefficient (Wildman–Crippen LogP) is 1.31. The number of hydrogen-bond donors (Lipinski definition) is 1. The van der Waals surface area contributed by atoms with Crippen LogP contribution < -0.4 is 10.6 Å². The molecule has 6 heteroatoms. The van der Waals surface area contributed by atoms with E-state index < -0.39 is 0 Å². The lowest BCUT2D eigenvalue weighted by molar-refractivity contribution is 0.764. The van der Waals surface area contributed by atoms with Gasteiger partial charge in [0.25, 0.3) is 0 Å². The Labute approximate surface area is 88.6 Å². The number of thiazole rings is 2. The second-order valence-corrected chi connectivity index (χ2v) is 4.86. The number of aryl methyl sites for hydroxylation is 1. The zero-order valence-corrected chi connectivity index (χ0v) is 9.19. The highest BCUT2D eigenvalue weighted by Gasteiger charge is 2.05. The van der Waals surface area contributed by atoms with Crippen molar-refractivity contribution < 1.29 is 0 Å². The first kappa shape index (κ1) is 9.42. The van der Waals surface area contributed by atoms with Crippen LogP contribution in [-0.2, 0) is 6.54 Å². The van der Waals surface area contributed by atoms with Gasteiger partial charge >= 0.3 is 4.87 Å². The summed E-state index contributed by atoms with van der Waals surface area (Å²) in [5, 5.41) is 2.40. The molecular formula is C8H9N3OS2. The van der Waals surface area contributed by atoms with Crippen LogP contribution in [0.15, 0.2) is 16.4 Å². The van der Waals surface area contributed by atoms with Gasteiger partial charge in [-0.3, -0.25) is 9.36 Å². The van der Waals surface area contributed by atoms with E-state index in [4.69, 9.17) is 5.73 Å². The number of rotatable bonds is 2. The zero-order valence-electron chi connectivity index (χ0n) is 7.56. The van der Waals surface area contributed by atoms with Crippen LogP contribution in [0, 0.1) is 6.92 Å². The quantitative estimate of drug-likeness (QED) is 0.841. The Morgan fingerprint density at radius 3 is 2.93 bits per heavy atom. The van der Waals surface area contributed by atoms with E-state index in [2.05, 4.69) is 4.98 Å². The number of nitrogen functional groups attached to an aromatic ring is 1. The second-order valence-electron chi connectivity index (χ2n) is 2.89. The third-order valence-corrected chi connectivity index (χ3v) is 3.55. The summed E-state index contributed by atoms with van der Waals surface area (Å²) >= 11 is 2.63. The number of hydrogen-bond acceptors (Lipinski definition) is 5. The monoisotopic (exact) mass is 227 g/mol. The third kappa shape index (κ3) is 1.71. The van der Waals surface area contributed by atoms with Crippen LogP contribution in [0.2, 0.25) is 0 Å². The molecule has 0 aliphatic rings. The lowest BCUT2D eigenvalue weighted by Gasteiger charge is -1.99. The van der Waals surface area contributed by atoms with Gasteiger partial charge in [-0.15, -0.1) is 11.3 Å². The average molecular weight is 227 g/mol. The van der Waals surface area contributed by atoms with Crippen LogP contribution >= 0.6 is 22.7 Å². The van der Waals surface area contributed by atoms with Crippen LogP contribution in [0.5, 0.6) is 0 Å². The van der Waals surface area contributed by atoms with Crippen LogP contribution in [0.1, 0.15) is 10.6 Å². The number of nitrogens with two attached hydrogens (primary N) is 1. The fraction of sp³-hybridized carbons (Fsp3) is 0.250. The van der Waals surface area contributed by atoms with Crippen molar-refractivity contribution in [3.05, 3.63) is 31.8 Å². The molecule has 0 fully saturated rings. The first-order chi connectivity index (χ1) is 6.66. The molecule has 2 N–H and O–H groups in total. The fourth-order valence-electron chi connectivity index (χ4n) is 1.15. The highest BCUT2D eigenvalue weighted by Crippen LogP contribution is 2.16. The predicted molar refractivity (Wildman–Crippen MR) is 58.9 cm³/mol. The highest BCUT2D eigenvalue weighted by molar-refractivity contribution is 7.15. The van der Waals surface area contributed by atoms with E-state index in [9.17, 15) is 4.79 Å². The Kier molecular flexibility index (Phi) is 2.39. The Bertz CT molecular complexity index is 497. The first-order valence-electron chi connectivity index (χ1n) is 4.02. The maximum absolute atomic E-state index is 11.4. The van der Waals surface area contributed by atoms with Gasteiger partial charge in [0.1, 0.15) is 0 Å². The average Bonchev–Trinajstić information content (AvgIpc) is 2.67. The summed E-state index contributed by atoms with van der Waals surface area (Å²) in [6.07, 6.45) is 1.71. The Morgan fingerprint density at radius 1 is 1.64 bits per heavy atom. The van der Waals surface area contributed by atoms with E-state index in [1.165, 1.54) is 22.7 Å². The molecule has 0 atom stereocenters.